The smallest absolute Gasteiger partial charge is 0.338 e. The van der Waals surface area contributed by atoms with E-state index in [1.54, 1.807) is 18.2 Å². The number of methoxy groups -OCH3 is 1. The predicted octanol–water partition coefficient (Wildman–Crippen LogP) is 2.86. The normalized spacial score (nSPS) is 9.95. The topological polar surface area (TPSA) is 86.5 Å². The monoisotopic (exact) mass is 285 g/mol. The maximum atomic E-state index is 11.8. The van der Waals surface area contributed by atoms with Gasteiger partial charge in [-0.05, 0) is 18.2 Å². The lowest BCUT2D eigenvalue weighted by atomic mass is 9.96. The zero-order chi connectivity index (χ0) is 15.4. The molecule has 106 valence electrons. The number of nitro groups is 1. The highest BCUT2D eigenvalue weighted by atomic mass is 16.6. The molecule has 0 atom stereocenters. The number of carbonyl (C=O) groups is 2. The molecule has 0 bridgehead atoms. The Morgan fingerprint density at radius 2 is 1.81 bits per heavy atom. The molecule has 0 aliphatic carbocycles. The molecule has 21 heavy (non-hydrogen) atoms. The third kappa shape index (κ3) is 2.64. The SMILES string of the molecule is COC(=O)c1ccccc1-c1cccc(C=O)c1[N+](=O)[O-]. The number of para-hydroxylation sites is 1. The number of hydrogen-bond donors (Lipinski definition) is 0. The van der Waals surface area contributed by atoms with E-state index < -0.39 is 10.9 Å². The van der Waals surface area contributed by atoms with Gasteiger partial charge in [-0.3, -0.25) is 14.9 Å². The van der Waals surface area contributed by atoms with Gasteiger partial charge in [-0.1, -0.05) is 24.3 Å². The van der Waals surface area contributed by atoms with Crippen molar-refractivity contribution in [2.45, 2.75) is 0 Å². The molecule has 0 amide bonds. The number of carbonyl (C=O) groups excluding carboxylic acids is 2. The Hall–Kier alpha value is -3.02. The van der Waals surface area contributed by atoms with E-state index in [0.29, 0.717) is 11.8 Å². The minimum absolute atomic E-state index is 0.0443. The van der Waals surface area contributed by atoms with Crippen molar-refractivity contribution in [1.82, 2.24) is 0 Å². The Kier molecular flexibility index (Phi) is 4.08. The maximum Gasteiger partial charge on any atom is 0.338 e. The molecule has 2 aromatic rings. The third-order valence-corrected chi connectivity index (χ3v) is 3.00. The molecule has 0 saturated carbocycles. The zero-order valence-electron chi connectivity index (χ0n) is 11.1. The summed E-state index contributed by atoms with van der Waals surface area (Å²) in [7, 11) is 1.23. The Balaban J connectivity index is 2.77. The van der Waals surface area contributed by atoms with Crippen LogP contribution < -0.4 is 0 Å². The summed E-state index contributed by atoms with van der Waals surface area (Å²) in [5.41, 5.74) is 0.373. The molecule has 0 unspecified atom stereocenters. The van der Waals surface area contributed by atoms with E-state index in [2.05, 4.69) is 4.74 Å². The molecular weight excluding hydrogens is 274 g/mol. The van der Waals surface area contributed by atoms with Gasteiger partial charge in [0, 0.05) is 5.56 Å². The van der Waals surface area contributed by atoms with Crippen LogP contribution in [0.4, 0.5) is 5.69 Å². The van der Waals surface area contributed by atoms with Crippen molar-refractivity contribution in [3.63, 3.8) is 0 Å². The van der Waals surface area contributed by atoms with Crippen LogP contribution in [0.5, 0.6) is 0 Å². The van der Waals surface area contributed by atoms with Crippen LogP contribution in [0.25, 0.3) is 11.1 Å². The third-order valence-electron chi connectivity index (χ3n) is 3.00. The van der Waals surface area contributed by atoms with Gasteiger partial charge in [0.05, 0.1) is 28.7 Å². The first-order valence-electron chi connectivity index (χ1n) is 6.00. The fourth-order valence-electron chi connectivity index (χ4n) is 2.08. The first-order valence-corrected chi connectivity index (χ1v) is 6.00. The fraction of sp³-hybridized carbons (Fsp3) is 0.0667. The number of aldehydes is 1. The minimum Gasteiger partial charge on any atom is -0.465 e. The summed E-state index contributed by atoms with van der Waals surface area (Å²) in [4.78, 5) is 33.4. The molecule has 0 N–H and O–H groups in total. The van der Waals surface area contributed by atoms with Crippen molar-refractivity contribution in [3.8, 4) is 11.1 Å². The van der Waals surface area contributed by atoms with E-state index in [1.165, 1.54) is 31.4 Å². The molecule has 6 heteroatoms. The van der Waals surface area contributed by atoms with Gasteiger partial charge in [-0.2, -0.15) is 0 Å². The standard InChI is InChI=1S/C15H11NO5/c1-21-15(18)13-7-3-2-6-11(13)12-8-4-5-10(9-17)14(12)16(19)20/h2-9H,1H3. The number of nitrogens with zero attached hydrogens (tertiary/aromatic N) is 1. The number of hydrogen-bond acceptors (Lipinski definition) is 5. The number of esters is 1. The quantitative estimate of drug-likeness (QED) is 0.373. The van der Waals surface area contributed by atoms with Crippen LogP contribution >= 0.6 is 0 Å². The lowest BCUT2D eigenvalue weighted by molar-refractivity contribution is -0.384. The van der Waals surface area contributed by atoms with Gasteiger partial charge in [-0.25, -0.2) is 4.79 Å². The summed E-state index contributed by atoms with van der Waals surface area (Å²) in [5, 5.41) is 11.3. The van der Waals surface area contributed by atoms with E-state index in [0.717, 1.165) is 0 Å². The van der Waals surface area contributed by atoms with Crippen LogP contribution in [0.2, 0.25) is 0 Å². The van der Waals surface area contributed by atoms with Gasteiger partial charge < -0.3 is 4.74 Å². The number of rotatable bonds is 4. The fourth-order valence-corrected chi connectivity index (χ4v) is 2.08. The molecule has 0 spiro atoms. The Bertz CT molecular complexity index is 724. The van der Waals surface area contributed by atoms with Crippen LogP contribution in [0.3, 0.4) is 0 Å². The van der Waals surface area contributed by atoms with Crippen LogP contribution in [0, 0.1) is 10.1 Å². The Labute approximate surface area is 120 Å². The average Bonchev–Trinajstić information content (AvgIpc) is 2.53. The summed E-state index contributed by atoms with van der Waals surface area (Å²) in [6.45, 7) is 0. The van der Waals surface area contributed by atoms with E-state index in [4.69, 9.17) is 0 Å². The Morgan fingerprint density at radius 3 is 2.43 bits per heavy atom. The molecule has 0 saturated heterocycles. The number of ether oxygens (including phenoxy) is 1. The summed E-state index contributed by atoms with van der Waals surface area (Å²) >= 11 is 0. The molecule has 2 aromatic carbocycles. The van der Waals surface area contributed by atoms with Crippen molar-refractivity contribution in [1.29, 1.82) is 0 Å². The summed E-state index contributed by atoms with van der Waals surface area (Å²) in [5.74, 6) is -0.601. The second-order valence-corrected chi connectivity index (χ2v) is 4.16. The highest BCUT2D eigenvalue weighted by Gasteiger charge is 2.23. The second kappa shape index (κ2) is 5.96. The van der Waals surface area contributed by atoms with Crippen molar-refractivity contribution >= 4 is 17.9 Å². The van der Waals surface area contributed by atoms with Crippen molar-refractivity contribution in [2.75, 3.05) is 7.11 Å². The first-order chi connectivity index (χ1) is 10.1. The number of benzene rings is 2. The molecular formula is C15H11NO5. The van der Waals surface area contributed by atoms with E-state index in [-0.39, 0.29) is 22.4 Å². The molecule has 0 fully saturated rings. The highest BCUT2D eigenvalue weighted by molar-refractivity contribution is 6.00. The maximum absolute atomic E-state index is 11.8. The van der Waals surface area contributed by atoms with Crippen LogP contribution in [0.1, 0.15) is 20.7 Å². The first kappa shape index (κ1) is 14.4. The lowest BCUT2D eigenvalue weighted by Crippen LogP contribution is -2.05. The highest BCUT2D eigenvalue weighted by Crippen LogP contribution is 2.34. The summed E-state index contributed by atoms with van der Waals surface area (Å²) in [6, 6.07) is 10.7. The van der Waals surface area contributed by atoms with E-state index >= 15 is 0 Å². The van der Waals surface area contributed by atoms with Gasteiger partial charge in [0.2, 0.25) is 0 Å². The predicted molar refractivity (Wildman–Crippen MR) is 75.3 cm³/mol. The van der Waals surface area contributed by atoms with Crippen molar-refractivity contribution < 1.29 is 19.2 Å². The molecule has 0 aliphatic heterocycles. The van der Waals surface area contributed by atoms with Crippen molar-refractivity contribution in [3.05, 3.63) is 63.7 Å². The van der Waals surface area contributed by atoms with Gasteiger partial charge >= 0.3 is 5.97 Å². The van der Waals surface area contributed by atoms with Gasteiger partial charge in [0.1, 0.15) is 0 Å². The molecule has 6 nitrogen and oxygen atoms in total. The van der Waals surface area contributed by atoms with Crippen LogP contribution in [-0.2, 0) is 4.74 Å². The molecule has 0 radical (unpaired) electrons. The summed E-state index contributed by atoms with van der Waals surface area (Å²) in [6.07, 6.45) is 0.419. The molecule has 0 aliphatic rings. The number of nitro benzene ring substituents is 1. The molecule has 0 aromatic heterocycles. The zero-order valence-corrected chi connectivity index (χ0v) is 11.1. The van der Waals surface area contributed by atoms with Crippen molar-refractivity contribution in [2.24, 2.45) is 0 Å². The average molecular weight is 285 g/mol. The van der Waals surface area contributed by atoms with Gasteiger partial charge in [0.15, 0.2) is 6.29 Å². The minimum atomic E-state index is -0.632. The second-order valence-electron chi connectivity index (χ2n) is 4.16. The largest absolute Gasteiger partial charge is 0.465 e. The molecule has 0 heterocycles. The van der Waals surface area contributed by atoms with E-state index in [1.807, 2.05) is 0 Å². The Morgan fingerprint density at radius 1 is 1.14 bits per heavy atom. The molecule has 2 rings (SSSR count). The lowest BCUT2D eigenvalue weighted by Gasteiger charge is -2.09. The van der Waals surface area contributed by atoms with Crippen LogP contribution in [-0.4, -0.2) is 24.3 Å². The van der Waals surface area contributed by atoms with Crippen LogP contribution in [0.15, 0.2) is 42.5 Å². The summed E-state index contributed by atoms with van der Waals surface area (Å²) < 4.78 is 4.68. The van der Waals surface area contributed by atoms with Gasteiger partial charge in [0.25, 0.3) is 5.69 Å². The van der Waals surface area contributed by atoms with E-state index in [9.17, 15) is 19.7 Å². The van der Waals surface area contributed by atoms with Gasteiger partial charge in [-0.15, -0.1) is 0 Å².